The maximum atomic E-state index is 5.58. The van der Waals surface area contributed by atoms with Crippen LogP contribution in [0, 0.1) is 0 Å². The number of rotatable bonds is 7. The minimum atomic E-state index is 0.624. The third-order valence-electron chi connectivity index (χ3n) is 3.20. The van der Waals surface area contributed by atoms with Gasteiger partial charge in [0.15, 0.2) is 11.5 Å². The molecule has 0 spiro atoms. The number of ether oxygens (including phenoxy) is 2. The number of nitrogens with zero attached hydrogens (tertiary/aromatic N) is 1. The molecule has 0 aliphatic rings. The second-order valence-corrected chi connectivity index (χ2v) is 4.44. The molecule has 4 nitrogen and oxygen atoms in total. The van der Waals surface area contributed by atoms with Crippen LogP contribution >= 0.6 is 0 Å². The molecule has 0 fully saturated rings. The first kappa shape index (κ1) is 14.3. The predicted octanol–water partition coefficient (Wildman–Crippen LogP) is 3.53. The molecule has 1 N–H and O–H groups in total. The van der Waals surface area contributed by atoms with E-state index in [1.807, 2.05) is 25.1 Å². The summed E-state index contributed by atoms with van der Waals surface area (Å²) in [6.45, 7) is 6.51. The summed E-state index contributed by atoms with van der Waals surface area (Å²) in [6, 6.07) is 10.1. The largest absolute Gasteiger partial charge is 0.493 e. The standard InChI is InChI=1S/C16H22N2O2/c1-4-18-10-6-7-14(18)12-17-13-8-9-15(19-3)16(11-13)20-5-2/h6-11,17H,4-5,12H2,1-3H3. The van der Waals surface area contributed by atoms with E-state index < -0.39 is 0 Å². The summed E-state index contributed by atoms with van der Waals surface area (Å²) < 4.78 is 13.1. The van der Waals surface area contributed by atoms with Gasteiger partial charge in [-0.2, -0.15) is 0 Å². The molecule has 1 aromatic heterocycles. The maximum Gasteiger partial charge on any atom is 0.163 e. The van der Waals surface area contributed by atoms with Crippen LogP contribution < -0.4 is 14.8 Å². The monoisotopic (exact) mass is 274 g/mol. The highest BCUT2D eigenvalue weighted by molar-refractivity contribution is 5.54. The highest BCUT2D eigenvalue weighted by atomic mass is 16.5. The zero-order valence-corrected chi connectivity index (χ0v) is 12.3. The van der Waals surface area contributed by atoms with Crippen molar-refractivity contribution >= 4 is 5.69 Å². The molecule has 0 atom stereocenters. The van der Waals surface area contributed by atoms with Gasteiger partial charge in [-0.15, -0.1) is 0 Å². The molecule has 4 heteroatoms. The Bertz CT molecular complexity index is 549. The Hall–Kier alpha value is -2.10. The number of hydrogen-bond acceptors (Lipinski definition) is 3. The van der Waals surface area contributed by atoms with Crippen molar-refractivity contribution in [1.82, 2.24) is 4.57 Å². The van der Waals surface area contributed by atoms with Crippen molar-refractivity contribution in [3.8, 4) is 11.5 Å². The molecule has 0 saturated carbocycles. The van der Waals surface area contributed by atoms with Crippen LogP contribution in [0.2, 0.25) is 0 Å². The Labute approximate surface area is 120 Å². The lowest BCUT2D eigenvalue weighted by Crippen LogP contribution is -2.06. The van der Waals surface area contributed by atoms with E-state index in [9.17, 15) is 0 Å². The number of methoxy groups -OCH3 is 1. The Morgan fingerprint density at radius 3 is 2.70 bits per heavy atom. The Morgan fingerprint density at radius 2 is 2.00 bits per heavy atom. The van der Waals surface area contributed by atoms with Crippen molar-refractivity contribution in [2.45, 2.75) is 26.9 Å². The van der Waals surface area contributed by atoms with Gasteiger partial charge >= 0.3 is 0 Å². The van der Waals surface area contributed by atoms with Crippen molar-refractivity contribution < 1.29 is 9.47 Å². The number of nitrogens with one attached hydrogen (secondary N) is 1. The number of aryl methyl sites for hydroxylation is 1. The van der Waals surface area contributed by atoms with E-state index >= 15 is 0 Å². The van der Waals surface area contributed by atoms with Gasteiger partial charge in [0.2, 0.25) is 0 Å². The van der Waals surface area contributed by atoms with Crippen molar-refractivity contribution in [1.29, 1.82) is 0 Å². The summed E-state index contributed by atoms with van der Waals surface area (Å²) in [4.78, 5) is 0. The fourth-order valence-electron chi connectivity index (χ4n) is 2.17. The van der Waals surface area contributed by atoms with Crippen LogP contribution in [0.15, 0.2) is 36.5 Å². The third kappa shape index (κ3) is 3.26. The van der Waals surface area contributed by atoms with Gasteiger partial charge in [0.25, 0.3) is 0 Å². The van der Waals surface area contributed by atoms with Gasteiger partial charge in [-0.05, 0) is 38.1 Å². The average molecular weight is 274 g/mol. The van der Waals surface area contributed by atoms with Crippen LogP contribution in [0.5, 0.6) is 11.5 Å². The molecule has 0 saturated heterocycles. The minimum absolute atomic E-state index is 0.624. The van der Waals surface area contributed by atoms with E-state index in [1.54, 1.807) is 7.11 Å². The maximum absolute atomic E-state index is 5.58. The van der Waals surface area contributed by atoms with Crippen LogP contribution in [-0.4, -0.2) is 18.3 Å². The van der Waals surface area contributed by atoms with Gasteiger partial charge < -0.3 is 19.4 Å². The normalized spacial score (nSPS) is 10.3. The SMILES string of the molecule is CCOc1cc(NCc2cccn2CC)ccc1OC. The molecule has 0 unspecified atom stereocenters. The first-order valence-electron chi connectivity index (χ1n) is 6.97. The summed E-state index contributed by atoms with van der Waals surface area (Å²) in [7, 11) is 1.65. The van der Waals surface area contributed by atoms with Gasteiger partial charge in [-0.25, -0.2) is 0 Å². The first-order chi connectivity index (χ1) is 9.78. The highest BCUT2D eigenvalue weighted by Crippen LogP contribution is 2.30. The summed E-state index contributed by atoms with van der Waals surface area (Å²) in [5.74, 6) is 1.53. The fourth-order valence-corrected chi connectivity index (χ4v) is 2.17. The first-order valence-corrected chi connectivity index (χ1v) is 6.97. The molecule has 0 radical (unpaired) electrons. The van der Waals surface area contributed by atoms with Gasteiger partial charge in [0.05, 0.1) is 20.3 Å². The predicted molar refractivity (Wildman–Crippen MR) is 81.6 cm³/mol. The molecule has 1 aromatic carbocycles. The van der Waals surface area contributed by atoms with E-state index in [2.05, 4.69) is 35.1 Å². The number of hydrogen-bond donors (Lipinski definition) is 1. The molecular formula is C16H22N2O2. The van der Waals surface area contributed by atoms with E-state index in [1.165, 1.54) is 5.69 Å². The molecule has 1 heterocycles. The molecule has 2 rings (SSSR count). The van der Waals surface area contributed by atoms with Crippen LogP contribution in [0.3, 0.4) is 0 Å². The lowest BCUT2D eigenvalue weighted by Gasteiger charge is -2.13. The van der Waals surface area contributed by atoms with E-state index in [0.717, 1.165) is 30.3 Å². The molecule has 0 amide bonds. The lowest BCUT2D eigenvalue weighted by atomic mass is 10.2. The van der Waals surface area contributed by atoms with Crippen molar-refractivity contribution in [2.24, 2.45) is 0 Å². The van der Waals surface area contributed by atoms with E-state index in [-0.39, 0.29) is 0 Å². The number of aromatic nitrogens is 1. The Balaban J connectivity index is 2.07. The second kappa shape index (κ2) is 6.89. The quantitative estimate of drug-likeness (QED) is 0.839. The van der Waals surface area contributed by atoms with Gasteiger partial charge in [-0.1, -0.05) is 0 Å². The van der Waals surface area contributed by atoms with E-state index in [0.29, 0.717) is 6.61 Å². The molecule has 0 aliphatic carbocycles. The minimum Gasteiger partial charge on any atom is -0.493 e. The summed E-state index contributed by atoms with van der Waals surface area (Å²) in [6.07, 6.45) is 2.09. The van der Waals surface area contributed by atoms with Crippen LogP contribution in [0.25, 0.3) is 0 Å². The molecule has 108 valence electrons. The summed E-state index contributed by atoms with van der Waals surface area (Å²) in [5, 5.41) is 3.42. The van der Waals surface area contributed by atoms with Crippen LogP contribution in [0.4, 0.5) is 5.69 Å². The highest BCUT2D eigenvalue weighted by Gasteiger charge is 2.06. The van der Waals surface area contributed by atoms with Crippen LogP contribution in [0.1, 0.15) is 19.5 Å². The molecule has 2 aromatic rings. The van der Waals surface area contributed by atoms with Crippen molar-refractivity contribution in [3.63, 3.8) is 0 Å². The van der Waals surface area contributed by atoms with Crippen LogP contribution in [-0.2, 0) is 13.1 Å². The zero-order valence-electron chi connectivity index (χ0n) is 12.3. The average Bonchev–Trinajstić information content (AvgIpc) is 2.93. The lowest BCUT2D eigenvalue weighted by molar-refractivity contribution is 0.311. The summed E-state index contributed by atoms with van der Waals surface area (Å²) >= 11 is 0. The Kier molecular flexibility index (Phi) is 4.93. The molecule has 0 bridgehead atoms. The van der Waals surface area contributed by atoms with Crippen molar-refractivity contribution in [2.75, 3.05) is 19.0 Å². The smallest absolute Gasteiger partial charge is 0.163 e. The van der Waals surface area contributed by atoms with Gasteiger partial charge in [0, 0.05) is 30.2 Å². The number of benzene rings is 1. The van der Waals surface area contributed by atoms with Gasteiger partial charge in [0.1, 0.15) is 0 Å². The molecule has 0 aliphatic heterocycles. The Morgan fingerprint density at radius 1 is 1.15 bits per heavy atom. The second-order valence-electron chi connectivity index (χ2n) is 4.44. The zero-order chi connectivity index (χ0) is 14.4. The van der Waals surface area contributed by atoms with E-state index in [4.69, 9.17) is 9.47 Å². The topological polar surface area (TPSA) is 35.4 Å². The molecule has 20 heavy (non-hydrogen) atoms. The number of anilines is 1. The summed E-state index contributed by atoms with van der Waals surface area (Å²) in [5.41, 5.74) is 2.29. The van der Waals surface area contributed by atoms with Gasteiger partial charge in [-0.3, -0.25) is 0 Å². The fraction of sp³-hybridized carbons (Fsp3) is 0.375. The third-order valence-corrected chi connectivity index (χ3v) is 3.20. The molecular weight excluding hydrogens is 252 g/mol. The van der Waals surface area contributed by atoms with Crippen molar-refractivity contribution in [3.05, 3.63) is 42.2 Å².